The molecule has 0 fully saturated rings. The maximum atomic E-state index is 11.7. The molecule has 2 aromatic rings. The van der Waals surface area contributed by atoms with E-state index in [9.17, 15) is 14.9 Å². The molecule has 7 heteroatoms. The average molecular weight is 336 g/mol. The normalized spacial score (nSPS) is 10.3. The quantitative estimate of drug-likeness (QED) is 0.253. The van der Waals surface area contributed by atoms with E-state index in [0.29, 0.717) is 6.61 Å². The summed E-state index contributed by atoms with van der Waals surface area (Å²) >= 11 is 5.74. The first-order valence-corrected chi connectivity index (χ1v) is 7.20. The number of benzene rings is 2. The van der Waals surface area contributed by atoms with Crippen LogP contribution in [0.3, 0.4) is 0 Å². The lowest BCUT2D eigenvalue weighted by atomic mass is 10.2. The van der Waals surface area contributed by atoms with Crippen molar-refractivity contribution in [2.45, 2.75) is 13.0 Å². The van der Waals surface area contributed by atoms with Gasteiger partial charge in [-0.25, -0.2) is 0 Å². The summed E-state index contributed by atoms with van der Waals surface area (Å²) < 4.78 is 10.4. The molecular weight excluding hydrogens is 322 g/mol. The minimum atomic E-state index is -0.606. The number of nitro groups is 1. The second-order valence-electron chi connectivity index (χ2n) is 4.63. The minimum Gasteiger partial charge on any atom is -0.426 e. The van der Waals surface area contributed by atoms with E-state index in [1.165, 1.54) is 18.2 Å². The first-order valence-electron chi connectivity index (χ1n) is 6.82. The van der Waals surface area contributed by atoms with Crippen molar-refractivity contribution in [1.29, 1.82) is 0 Å². The molecule has 23 heavy (non-hydrogen) atoms. The monoisotopic (exact) mass is 335 g/mol. The smallest absolute Gasteiger partial charge is 0.313 e. The van der Waals surface area contributed by atoms with Gasteiger partial charge in [0.05, 0.1) is 24.6 Å². The number of esters is 1. The van der Waals surface area contributed by atoms with E-state index >= 15 is 0 Å². The first kappa shape index (κ1) is 16.9. The van der Waals surface area contributed by atoms with Crippen LogP contribution < -0.4 is 4.74 Å². The molecule has 2 aromatic carbocycles. The number of hydrogen-bond donors (Lipinski definition) is 0. The Balaban J connectivity index is 1.76. The summed E-state index contributed by atoms with van der Waals surface area (Å²) in [6, 6.07) is 13.3. The van der Waals surface area contributed by atoms with Gasteiger partial charge in [-0.3, -0.25) is 14.9 Å². The average Bonchev–Trinajstić information content (AvgIpc) is 2.52. The highest BCUT2D eigenvalue weighted by Crippen LogP contribution is 2.28. The van der Waals surface area contributed by atoms with Crippen molar-refractivity contribution >= 4 is 23.3 Å². The summed E-state index contributed by atoms with van der Waals surface area (Å²) in [7, 11) is 0. The lowest BCUT2D eigenvalue weighted by Crippen LogP contribution is -2.11. The maximum Gasteiger partial charge on any atom is 0.313 e. The molecule has 0 bridgehead atoms. The zero-order valence-corrected chi connectivity index (χ0v) is 12.9. The fourth-order valence-electron chi connectivity index (χ4n) is 1.80. The number of rotatable bonds is 7. The van der Waals surface area contributed by atoms with Crippen LogP contribution in [-0.4, -0.2) is 17.5 Å². The lowest BCUT2D eigenvalue weighted by Gasteiger charge is -2.06. The molecule has 2 rings (SSSR count). The highest BCUT2D eigenvalue weighted by molar-refractivity contribution is 6.32. The van der Waals surface area contributed by atoms with E-state index in [1.54, 1.807) is 0 Å². The van der Waals surface area contributed by atoms with Crippen LogP contribution in [0.5, 0.6) is 5.75 Å². The van der Waals surface area contributed by atoms with Gasteiger partial charge in [0.2, 0.25) is 0 Å². The molecule has 0 radical (unpaired) electrons. The Morgan fingerprint density at radius 3 is 2.57 bits per heavy atom. The van der Waals surface area contributed by atoms with Crippen molar-refractivity contribution in [3.8, 4) is 5.75 Å². The van der Waals surface area contributed by atoms with Crippen molar-refractivity contribution in [2.24, 2.45) is 0 Å². The Morgan fingerprint density at radius 2 is 1.91 bits per heavy atom. The SMILES string of the molecule is O=C(CCOCc1ccccc1)Oc1ccc([N+](=O)[O-])c(Cl)c1. The Morgan fingerprint density at radius 1 is 1.17 bits per heavy atom. The van der Waals surface area contributed by atoms with Gasteiger partial charge in [-0.1, -0.05) is 41.9 Å². The second kappa shape index (κ2) is 8.26. The number of carbonyl (C=O) groups is 1. The summed E-state index contributed by atoms with van der Waals surface area (Å²) in [6.45, 7) is 0.631. The predicted molar refractivity (Wildman–Crippen MR) is 84.5 cm³/mol. The predicted octanol–water partition coefficient (Wildman–Crippen LogP) is 3.76. The zero-order valence-electron chi connectivity index (χ0n) is 12.1. The third-order valence-electron chi connectivity index (χ3n) is 2.91. The second-order valence-corrected chi connectivity index (χ2v) is 5.04. The molecule has 0 aliphatic carbocycles. The van der Waals surface area contributed by atoms with Crippen molar-refractivity contribution in [3.05, 3.63) is 69.2 Å². The molecule has 0 spiro atoms. The molecule has 0 saturated carbocycles. The van der Waals surface area contributed by atoms with Gasteiger partial charge in [0.15, 0.2) is 0 Å². The van der Waals surface area contributed by atoms with Crippen LogP contribution in [0.2, 0.25) is 5.02 Å². The summed E-state index contributed by atoms with van der Waals surface area (Å²) in [4.78, 5) is 21.7. The third-order valence-corrected chi connectivity index (χ3v) is 3.21. The molecule has 0 amide bonds. The van der Waals surface area contributed by atoms with Crippen LogP contribution in [0.4, 0.5) is 5.69 Å². The summed E-state index contributed by atoms with van der Waals surface area (Å²) in [6.07, 6.45) is 0.0709. The van der Waals surface area contributed by atoms with Gasteiger partial charge in [0.25, 0.3) is 5.69 Å². The summed E-state index contributed by atoms with van der Waals surface area (Å²) in [5.41, 5.74) is 0.778. The number of nitrogens with zero attached hydrogens (tertiary/aromatic N) is 1. The third kappa shape index (κ3) is 5.36. The van der Waals surface area contributed by atoms with Crippen molar-refractivity contribution < 1.29 is 19.2 Å². The van der Waals surface area contributed by atoms with E-state index < -0.39 is 10.9 Å². The van der Waals surface area contributed by atoms with Gasteiger partial charge in [0.1, 0.15) is 10.8 Å². The van der Waals surface area contributed by atoms with Crippen molar-refractivity contribution in [1.82, 2.24) is 0 Å². The molecule has 0 aromatic heterocycles. The Kier molecular flexibility index (Phi) is 6.08. The lowest BCUT2D eigenvalue weighted by molar-refractivity contribution is -0.384. The maximum absolute atomic E-state index is 11.7. The fourth-order valence-corrected chi connectivity index (χ4v) is 2.04. The Bertz CT molecular complexity index is 690. The van der Waals surface area contributed by atoms with Crippen LogP contribution in [0.15, 0.2) is 48.5 Å². The zero-order chi connectivity index (χ0) is 16.7. The van der Waals surface area contributed by atoms with E-state index in [-0.39, 0.29) is 29.5 Å². The van der Waals surface area contributed by atoms with Crippen molar-refractivity contribution in [2.75, 3.05) is 6.61 Å². The van der Waals surface area contributed by atoms with E-state index in [1.807, 2.05) is 30.3 Å². The highest BCUT2D eigenvalue weighted by Gasteiger charge is 2.14. The molecule has 0 unspecified atom stereocenters. The molecule has 0 N–H and O–H groups in total. The number of halogens is 1. The Hall–Kier alpha value is -2.44. The highest BCUT2D eigenvalue weighted by atomic mass is 35.5. The van der Waals surface area contributed by atoms with Crippen LogP contribution in [0, 0.1) is 10.1 Å². The minimum absolute atomic E-state index is 0.0709. The van der Waals surface area contributed by atoms with Gasteiger partial charge in [-0.05, 0) is 11.6 Å². The standard InChI is InChI=1S/C16H14ClNO5/c17-14-10-13(6-7-15(14)18(20)21)23-16(19)8-9-22-11-12-4-2-1-3-5-12/h1-7,10H,8-9,11H2. The number of ether oxygens (including phenoxy) is 2. The molecule has 0 aliphatic heterocycles. The summed E-state index contributed by atoms with van der Waals surface area (Å²) in [5, 5.41) is 10.6. The Labute approximate surface area is 137 Å². The number of carbonyl (C=O) groups excluding carboxylic acids is 1. The van der Waals surface area contributed by atoms with E-state index in [0.717, 1.165) is 5.56 Å². The fraction of sp³-hybridized carbons (Fsp3) is 0.188. The number of hydrogen-bond acceptors (Lipinski definition) is 5. The van der Waals surface area contributed by atoms with E-state index in [2.05, 4.69) is 0 Å². The van der Waals surface area contributed by atoms with Gasteiger partial charge in [-0.2, -0.15) is 0 Å². The molecule has 0 aliphatic rings. The van der Waals surface area contributed by atoms with Gasteiger partial charge in [-0.15, -0.1) is 0 Å². The van der Waals surface area contributed by atoms with E-state index in [4.69, 9.17) is 21.1 Å². The molecule has 0 heterocycles. The topological polar surface area (TPSA) is 78.7 Å². The molecule has 120 valence electrons. The largest absolute Gasteiger partial charge is 0.426 e. The molecule has 6 nitrogen and oxygen atoms in total. The van der Waals surface area contributed by atoms with Gasteiger partial charge >= 0.3 is 5.97 Å². The molecule has 0 saturated heterocycles. The molecular formula is C16H14ClNO5. The van der Waals surface area contributed by atoms with Crippen LogP contribution >= 0.6 is 11.6 Å². The number of nitro benzene ring substituents is 1. The molecule has 0 atom stereocenters. The first-order chi connectivity index (χ1) is 11.1. The van der Waals surface area contributed by atoms with Crippen LogP contribution in [0.1, 0.15) is 12.0 Å². The van der Waals surface area contributed by atoms with Gasteiger partial charge < -0.3 is 9.47 Å². The van der Waals surface area contributed by atoms with Crippen LogP contribution in [0.25, 0.3) is 0 Å². The van der Waals surface area contributed by atoms with Crippen LogP contribution in [-0.2, 0) is 16.1 Å². The summed E-state index contributed by atoms with van der Waals surface area (Å²) in [5.74, 6) is -0.336. The van der Waals surface area contributed by atoms with Gasteiger partial charge in [0, 0.05) is 12.1 Å². The van der Waals surface area contributed by atoms with Crippen molar-refractivity contribution in [3.63, 3.8) is 0 Å².